The van der Waals surface area contributed by atoms with Crippen LogP contribution in [0.25, 0.3) is 0 Å². The second-order valence-corrected chi connectivity index (χ2v) is 0.899. The van der Waals surface area contributed by atoms with Gasteiger partial charge >= 0.3 is 7.48 Å². The molecule has 3 nitrogen and oxygen atoms in total. The zero-order valence-corrected chi connectivity index (χ0v) is 3.20. The predicted molar refractivity (Wildman–Crippen MR) is 21.1 cm³/mol. The van der Waals surface area contributed by atoms with E-state index < -0.39 is 12.6 Å². The van der Waals surface area contributed by atoms with Crippen molar-refractivity contribution < 1.29 is 15.2 Å². The van der Waals surface area contributed by atoms with E-state index in [4.69, 9.17) is 15.2 Å². The van der Waals surface area contributed by atoms with Gasteiger partial charge in [-0.3, -0.25) is 0 Å². The van der Waals surface area contributed by atoms with Crippen LogP contribution in [-0.4, -0.2) is 35.3 Å². The highest BCUT2D eigenvalue weighted by atomic mass is 16.3. The maximum atomic E-state index is 8.11. The van der Waals surface area contributed by atoms with Crippen LogP contribution in [0.1, 0.15) is 0 Å². The summed E-state index contributed by atoms with van der Waals surface area (Å²) < 4.78 is 0. The first-order chi connectivity index (χ1) is 2.81. The second kappa shape index (κ2) is 3.15. The Bertz CT molecular complexity index is 28.0. The van der Waals surface area contributed by atoms with Gasteiger partial charge in [-0.25, -0.2) is 0 Å². The maximum Gasteiger partial charge on any atom is 0.321 e. The van der Waals surface area contributed by atoms with E-state index in [0.29, 0.717) is 7.48 Å². The third-order valence-electron chi connectivity index (χ3n) is 0.359. The van der Waals surface area contributed by atoms with Crippen LogP contribution in [0.2, 0.25) is 0 Å². The Morgan fingerprint density at radius 1 is 1.67 bits per heavy atom. The molecule has 0 fully saturated rings. The molecule has 1 atom stereocenters. The predicted octanol–water partition coefficient (Wildman–Crippen LogP) is -2.09. The van der Waals surface area contributed by atoms with Crippen molar-refractivity contribution in [1.82, 2.24) is 0 Å². The molecule has 35 valence electrons. The van der Waals surface area contributed by atoms with Gasteiger partial charge in [0.2, 0.25) is 0 Å². The van der Waals surface area contributed by atoms with Crippen molar-refractivity contribution in [3.63, 3.8) is 0 Å². The molecule has 0 heterocycles. The van der Waals surface area contributed by atoms with E-state index in [2.05, 4.69) is 0 Å². The zero-order valence-electron chi connectivity index (χ0n) is 3.20. The van der Waals surface area contributed by atoms with Crippen LogP contribution in [0.3, 0.4) is 0 Å². The van der Waals surface area contributed by atoms with Crippen molar-refractivity contribution >= 4 is 7.48 Å². The zero-order chi connectivity index (χ0) is 4.99. The van der Waals surface area contributed by atoms with Gasteiger partial charge in [0.1, 0.15) is 0 Å². The molecule has 0 aromatic heterocycles. The Labute approximate surface area is 36.5 Å². The van der Waals surface area contributed by atoms with E-state index in [9.17, 15) is 0 Å². The van der Waals surface area contributed by atoms with Crippen molar-refractivity contribution in [2.75, 3.05) is 6.61 Å². The van der Waals surface area contributed by atoms with Crippen molar-refractivity contribution in [2.45, 2.75) is 6.00 Å². The summed E-state index contributed by atoms with van der Waals surface area (Å²) in [6.45, 7) is -0.420. The molecule has 3 N–H and O–H groups in total. The molecule has 0 rings (SSSR count). The minimum Gasteiger partial charge on any atom is -0.452 e. The fraction of sp³-hybridized carbons (Fsp3) is 1.00. The second-order valence-electron chi connectivity index (χ2n) is 0.899. The van der Waals surface area contributed by atoms with Crippen LogP contribution < -0.4 is 0 Å². The molecule has 0 saturated carbocycles. The third-order valence-corrected chi connectivity index (χ3v) is 0.359. The Hall–Kier alpha value is -0.0551. The molecule has 0 aromatic rings. The SMILES string of the molecule is O[B]C(O)CO. The lowest BCUT2D eigenvalue weighted by Crippen LogP contribution is -2.19. The van der Waals surface area contributed by atoms with Crippen molar-refractivity contribution in [3.8, 4) is 0 Å². The smallest absolute Gasteiger partial charge is 0.321 e. The van der Waals surface area contributed by atoms with Crippen molar-refractivity contribution in [3.05, 3.63) is 0 Å². The van der Waals surface area contributed by atoms with Gasteiger partial charge in [0, 0.05) is 0 Å². The lowest BCUT2D eigenvalue weighted by Gasteiger charge is -1.94. The fourth-order valence-electron chi connectivity index (χ4n) is 0.0471. The Morgan fingerprint density at radius 2 is 2.17 bits per heavy atom. The standard InChI is InChI=1S/C2H6BO3/c4-1-2(5)3-6/h2,4-6H,1H2. The largest absolute Gasteiger partial charge is 0.452 e. The first kappa shape index (κ1) is 5.94. The quantitative estimate of drug-likeness (QED) is 0.340. The lowest BCUT2D eigenvalue weighted by molar-refractivity contribution is 0.144. The molecule has 0 saturated heterocycles. The molecule has 0 aliphatic carbocycles. The van der Waals surface area contributed by atoms with Crippen LogP contribution in [0, 0.1) is 0 Å². The van der Waals surface area contributed by atoms with Crippen LogP contribution in [0.15, 0.2) is 0 Å². The summed E-state index contributed by atoms with van der Waals surface area (Å²) in [7, 11) is 0.528. The Kier molecular flexibility index (Phi) is 3.12. The Balaban J connectivity index is 2.75. The topological polar surface area (TPSA) is 60.7 Å². The highest BCUT2D eigenvalue weighted by Crippen LogP contribution is 1.68. The van der Waals surface area contributed by atoms with Gasteiger partial charge in [0.05, 0.1) is 12.6 Å². The molecule has 6 heavy (non-hydrogen) atoms. The number of rotatable bonds is 2. The molecular formula is C2H6BO3. The van der Waals surface area contributed by atoms with Gasteiger partial charge < -0.3 is 15.2 Å². The van der Waals surface area contributed by atoms with E-state index >= 15 is 0 Å². The molecule has 0 aliphatic rings. The van der Waals surface area contributed by atoms with E-state index in [1.807, 2.05) is 0 Å². The van der Waals surface area contributed by atoms with E-state index in [0.717, 1.165) is 0 Å². The van der Waals surface area contributed by atoms with Gasteiger partial charge in [-0.15, -0.1) is 0 Å². The van der Waals surface area contributed by atoms with E-state index in [1.54, 1.807) is 0 Å². The average Bonchev–Trinajstić information content (AvgIpc) is 1.65. The van der Waals surface area contributed by atoms with Gasteiger partial charge in [-0.05, 0) is 0 Å². The summed E-state index contributed by atoms with van der Waals surface area (Å²) >= 11 is 0. The highest BCUT2D eigenvalue weighted by molar-refractivity contribution is 6.27. The normalized spacial score (nSPS) is 13.8. The average molecular weight is 88.9 g/mol. The molecule has 0 amide bonds. The molecule has 0 aliphatic heterocycles. The minimum absolute atomic E-state index is 0.420. The highest BCUT2D eigenvalue weighted by Gasteiger charge is 1.98. The molecule has 1 radical (unpaired) electrons. The summed E-state index contributed by atoms with van der Waals surface area (Å²) in [5, 5.41) is 23.8. The number of hydrogen-bond donors (Lipinski definition) is 3. The van der Waals surface area contributed by atoms with Gasteiger partial charge in [-0.1, -0.05) is 0 Å². The van der Waals surface area contributed by atoms with Gasteiger partial charge in [0.25, 0.3) is 0 Å². The van der Waals surface area contributed by atoms with Crippen molar-refractivity contribution in [2.24, 2.45) is 0 Å². The fourth-order valence-corrected chi connectivity index (χ4v) is 0.0471. The van der Waals surface area contributed by atoms with Crippen LogP contribution in [0.4, 0.5) is 0 Å². The summed E-state index contributed by atoms with van der Waals surface area (Å²) in [4.78, 5) is 0. The monoisotopic (exact) mass is 89.0 g/mol. The van der Waals surface area contributed by atoms with Crippen LogP contribution in [0.5, 0.6) is 0 Å². The molecule has 1 unspecified atom stereocenters. The van der Waals surface area contributed by atoms with Crippen LogP contribution >= 0.6 is 0 Å². The number of hydrogen-bond acceptors (Lipinski definition) is 3. The van der Waals surface area contributed by atoms with Crippen molar-refractivity contribution in [1.29, 1.82) is 0 Å². The summed E-state index contributed by atoms with van der Waals surface area (Å²) in [6.07, 6.45) is 0. The first-order valence-electron chi connectivity index (χ1n) is 1.57. The molecule has 0 bridgehead atoms. The first-order valence-corrected chi connectivity index (χ1v) is 1.57. The van der Waals surface area contributed by atoms with Gasteiger partial charge in [-0.2, -0.15) is 0 Å². The third kappa shape index (κ3) is 2.20. The summed E-state index contributed by atoms with van der Waals surface area (Å²) in [6, 6.07) is -1.08. The minimum atomic E-state index is -1.08. The van der Waals surface area contributed by atoms with E-state index in [1.165, 1.54) is 0 Å². The van der Waals surface area contributed by atoms with E-state index in [-0.39, 0.29) is 0 Å². The number of aliphatic hydroxyl groups excluding tert-OH is 2. The summed E-state index contributed by atoms with van der Waals surface area (Å²) in [5.41, 5.74) is 0. The Morgan fingerprint density at radius 3 is 2.17 bits per heavy atom. The van der Waals surface area contributed by atoms with Gasteiger partial charge in [0.15, 0.2) is 0 Å². The molecule has 0 aromatic carbocycles. The lowest BCUT2D eigenvalue weighted by atomic mass is 9.93. The van der Waals surface area contributed by atoms with Crippen LogP contribution in [-0.2, 0) is 0 Å². The maximum absolute atomic E-state index is 8.11. The number of aliphatic hydroxyl groups is 2. The molecular weight excluding hydrogens is 82.8 g/mol. The molecule has 4 heteroatoms. The molecule has 0 spiro atoms. The summed E-state index contributed by atoms with van der Waals surface area (Å²) in [5.74, 6) is 0.